The fraction of sp³-hybridized carbons (Fsp3) is 0.212. The number of benzene rings is 4. The van der Waals surface area contributed by atoms with Gasteiger partial charge in [-0.1, -0.05) is 73.9 Å². The van der Waals surface area contributed by atoms with Crippen molar-refractivity contribution in [2.24, 2.45) is 0 Å². The lowest BCUT2D eigenvalue weighted by Crippen LogP contribution is -2.14. The number of nitrogens with zero attached hydrogens (tertiary/aromatic N) is 2. The molecule has 1 aliphatic rings. The van der Waals surface area contributed by atoms with Gasteiger partial charge in [-0.3, -0.25) is 0 Å². The quantitative estimate of drug-likeness (QED) is 0.244. The zero-order valence-electron chi connectivity index (χ0n) is 21.2. The third-order valence-electron chi connectivity index (χ3n) is 7.49. The van der Waals surface area contributed by atoms with Gasteiger partial charge >= 0.3 is 5.97 Å². The number of aromatic nitrogens is 2. The topological polar surface area (TPSA) is 64.3 Å². The Morgan fingerprint density at radius 3 is 2.34 bits per heavy atom. The summed E-state index contributed by atoms with van der Waals surface area (Å²) in [5.41, 5.74) is 6.47. The van der Waals surface area contributed by atoms with Gasteiger partial charge in [-0.2, -0.15) is 0 Å². The third-order valence-corrected chi connectivity index (χ3v) is 7.49. The van der Waals surface area contributed by atoms with Crippen molar-refractivity contribution >= 4 is 17.0 Å². The molecule has 0 aliphatic heterocycles. The van der Waals surface area contributed by atoms with E-state index in [9.17, 15) is 9.90 Å². The number of carbonyl (C=O) groups is 1. The standard InChI is InChI=1S/C33H30N2O3/c36-33(37)25-17-20-31-30(21-25)34-32(35(31)27-12-5-2-6-13-27)24-15-18-28(19-16-24)38-22-26-11-7-8-14-29(26)23-9-3-1-4-10-23/h1,3-4,7-11,14-21,27H,2,5-6,12-13,22H2,(H,36,37). The predicted octanol–water partition coefficient (Wildman–Crippen LogP) is 8.15. The Morgan fingerprint density at radius 2 is 1.58 bits per heavy atom. The normalized spacial score (nSPS) is 14.0. The summed E-state index contributed by atoms with van der Waals surface area (Å²) in [7, 11) is 0. The molecule has 1 fully saturated rings. The summed E-state index contributed by atoms with van der Waals surface area (Å²) in [6.07, 6.45) is 5.89. The first kappa shape index (κ1) is 24.0. The number of carboxylic acids is 1. The highest BCUT2D eigenvalue weighted by atomic mass is 16.5. The molecule has 1 heterocycles. The van der Waals surface area contributed by atoms with Crippen LogP contribution in [0.3, 0.4) is 0 Å². The van der Waals surface area contributed by atoms with Gasteiger partial charge in [-0.15, -0.1) is 0 Å². The molecule has 190 valence electrons. The van der Waals surface area contributed by atoms with E-state index < -0.39 is 5.97 Å². The SMILES string of the molecule is O=C(O)c1ccc2c(c1)nc(-c1ccc(OCc3ccccc3-c3ccccc3)cc1)n2C1CCCCC1. The van der Waals surface area contributed by atoms with Crippen LogP contribution in [0.15, 0.2) is 97.1 Å². The van der Waals surface area contributed by atoms with E-state index in [0.29, 0.717) is 12.6 Å². The maximum Gasteiger partial charge on any atom is 0.335 e. The van der Waals surface area contributed by atoms with Gasteiger partial charge < -0.3 is 14.4 Å². The van der Waals surface area contributed by atoms with E-state index in [1.807, 2.05) is 30.3 Å². The summed E-state index contributed by atoms with van der Waals surface area (Å²) in [5.74, 6) is 0.747. The molecule has 0 amide bonds. The van der Waals surface area contributed by atoms with Crippen LogP contribution in [-0.4, -0.2) is 20.6 Å². The van der Waals surface area contributed by atoms with E-state index in [0.717, 1.165) is 46.6 Å². The lowest BCUT2D eigenvalue weighted by atomic mass is 9.95. The largest absolute Gasteiger partial charge is 0.489 e. The van der Waals surface area contributed by atoms with Gasteiger partial charge in [-0.25, -0.2) is 9.78 Å². The predicted molar refractivity (Wildman–Crippen MR) is 150 cm³/mol. The zero-order chi connectivity index (χ0) is 25.9. The molecule has 5 nitrogen and oxygen atoms in total. The number of rotatable bonds is 7. The van der Waals surface area contributed by atoms with Crippen LogP contribution in [-0.2, 0) is 6.61 Å². The average Bonchev–Trinajstić information content (AvgIpc) is 3.36. The van der Waals surface area contributed by atoms with Crippen molar-refractivity contribution in [2.45, 2.75) is 44.8 Å². The monoisotopic (exact) mass is 502 g/mol. The molecule has 0 saturated heterocycles. The van der Waals surface area contributed by atoms with Gasteiger partial charge in [0.15, 0.2) is 0 Å². The fourth-order valence-corrected chi connectivity index (χ4v) is 5.55. The van der Waals surface area contributed by atoms with Crippen LogP contribution >= 0.6 is 0 Å². The molecule has 1 aromatic heterocycles. The third kappa shape index (κ3) is 4.80. The molecular formula is C33H30N2O3. The van der Waals surface area contributed by atoms with Gasteiger partial charge in [0.05, 0.1) is 16.6 Å². The summed E-state index contributed by atoms with van der Waals surface area (Å²) in [4.78, 5) is 16.5. The minimum Gasteiger partial charge on any atom is -0.489 e. The molecule has 1 aliphatic carbocycles. The van der Waals surface area contributed by atoms with Gasteiger partial charge in [0.1, 0.15) is 18.2 Å². The first-order chi connectivity index (χ1) is 18.7. The highest BCUT2D eigenvalue weighted by Gasteiger charge is 2.23. The van der Waals surface area contributed by atoms with Gasteiger partial charge in [0, 0.05) is 11.6 Å². The molecule has 0 spiro atoms. The molecule has 5 aromatic rings. The van der Waals surface area contributed by atoms with Crippen LogP contribution in [0.5, 0.6) is 5.75 Å². The second kappa shape index (κ2) is 10.5. The first-order valence-corrected chi connectivity index (χ1v) is 13.3. The van der Waals surface area contributed by atoms with Crippen molar-refractivity contribution in [2.75, 3.05) is 0 Å². The van der Waals surface area contributed by atoms with E-state index in [4.69, 9.17) is 9.72 Å². The van der Waals surface area contributed by atoms with Crippen molar-refractivity contribution in [3.05, 3.63) is 108 Å². The van der Waals surface area contributed by atoms with Crippen LogP contribution in [0.4, 0.5) is 0 Å². The molecule has 0 bridgehead atoms. The number of aromatic carboxylic acids is 1. The second-order valence-corrected chi connectivity index (χ2v) is 9.94. The molecular weight excluding hydrogens is 472 g/mol. The summed E-state index contributed by atoms with van der Waals surface area (Å²) in [6.45, 7) is 0.475. The Bertz CT molecular complexity index is 1570. The molecule has 1 saturated carbocycles. The van der Waals surface area contributed by atoms with E-state index in [1.54, 1.807) is 12.1 Å². The zero-order valence-corrected chi connectivity index (χ0v) is 21.2. The Hall–Kier alpha value is -4.38. The molecule has 1 N–H and O–H groups in total. The smallest absolute Gasteiger partial charge is 0.335 e. The van der Waals surface area contributed by atoms with Crippen molar-refractivity contribution in [1.82, 2.24) is 9.55 Å². The lowest BCUT2D eigenvalue weighted by Gasteiger charge is -2.25. The van der Waals surface area contributed by atoms with E-state index in [2.05, 4.69) is 59.2 Å². The van der Waals surface area contributed by atoms with Gasteiger partial charge in [0.25, 0.3) is 0 Å². The fourth-order valence-electron chi connectivity index (χ4n) is 5.55. The molecule has 5 heteroatoms. The maximum absolute atomic E-state index is 11.6. The van der Waals surface area contributed by atoms with Crippen molar-refractivity contribution in [3.63, 3.8) is 0 Å². The Labute approximate surface area is 222 Å². The molecule has 38 heavy (non-hydrogen) atoms. The molecule has 0 unspecified atom stereocenters. The van der Waals surface area contributed by atoms with Crippen LogP contribution in [0.2, 0.25) is 0 Å². The summed E-state index contributed by atoms with van der Waals surface area (Å²) >= 11 is 0. The van der Waals surface area contributed by atoms with Crippen LogP contribution in [0.25, 0.3) is 33.5 Å². The Morgan fingerprint density at radius 1 is 0.842 bits per heavy atom. The molecule has 0 atom stereocenters. The Kier molecular flexibility index (Phi) is 6.65. The average molecular weight is 503 g/mol. The molecule has 0 radical (unpaired) electrons. The number of ether oxygens (including phenoxy) is 1. The molecule has 4 aromatic carbocycles. The highest BCUT2D eigenvalue weighted by Crippen LogP contribution is 2.36. The lowest BCUT2D eigenvalue weighted by molar-refractivity contribution is 0.0697. The Balaban J connectivity index is 1.28. The van der Waals surface area contributed by atoms with Crippen molar-refractivity contribution in [3.8, 4) is 28.3 Å². The number of carboxylic acid groups (broad SMARTS) is 1. The summed E-state index contributed by atoms with van der Waals surface area (Å²) < 4.78 is 8.53. The maximum atomic E-state index is 11.6. The van der Waals surface area contributed by atoms with Gasteiger partial charge in [-0.05, 0) is 72.0 Å². The second-order valence-electron chi connectivity index (χ2n) is 9.94. The number of imidazole rings is 1. The number of fused-ring (bicyclic) bond motifs is 1. The van der Waals surface area contributed by atoms with Crippen LogP contribution < -0.4 is 4.74 Å². The minimum absolute atomic E-state index is 0.261. The van der Waals surface area contributed by atoms with Gasteiger partial charge in [0.2, 0.25) is 0 Å². The number of hydrogen-bond acceptors (Lipinski definition) is 3. The van der Waals surface area contributed by atoms with E-state index in [-0.39, 0.29) is 5.56 Å². The van der Waals surface area contributed by atoms with Crippen LogP contribution in [0.1, 0.15) is 54.1 Å². The minimum atomic E-state index is -0.934. The first-order valence-electron chi connectivity index (χ1n) is 13.3. The van der Waals surface area contributed by atoms with E-state index >= 15 is 0 Å². The highest BCUT2D eigenvalue weighted by molar-refractivity contribution is 5.93. The molecule has 6 rings (SSSR count). The van der Waals surface area contributed by atoms with Crippen molar-refractivity contribution in [1.29, 1.82) is 0 Å². The van der Waals surface area contributed by atoms with Crippen LogP contribution in [0, 0.1) is 0 Å². The van der Waals surface area contributed by atoms with E-state index in [1.165, 1.54) is 30.4 Å². The number of hydrogen-bond donors (Lipinski definition) is 1. The van der Waals surface area contributed by atoms with Crippen molar-refractivity contribution < 1.29 is 14.6 Å². The summed E-state index contributed by atoms with van der Waals surface area (Å²) in [6, 6.07) is 32.4. The summed E-state index contributed by atoms with van der Waals surface area (Å²) in [5, 5.41) is 9.48.